The first kappa shape index (κ1) is 21.0. The van der Waals surface area contributed by atoms with Gasteiger partial charge in [-0.15, -0.1) is 0 Å². The van der Waals surface area contributed by atoms with Gasteiger partial charge >= 0.3 is 0 Å². The molecule has 162 valence electrons. The van der Waals surface area contributed by atoms with Gasteiger partial charge in [-0.05, 0) is 72.6 Å². The van der Waals surface area contributed by atoms with E-state index in [0.29, 0.717) is 10.6 Å². The molecule has 0 saturated heterocycles. The van der Waals surface area contributed by atoms with Crippen molar-refractivity contribution in [1.82, 2.24) is 9.55 Å². The highest BCUT2D eigenvalue weighted by Crippen LogP contribution is 2.27. The number of anilines is 1. The van der Waals surface area contributed by atoms with Crippen molar-refractivity contribution in [2.75, 3.05) is 11.9 Å². The zero-order valence-corrected chi connectivity index (χ0v) is 19.1. The van der Waals surface area contributed by atoms with Gasteiger partial charge in [-0.2, -0.15) is 0 Å². The van der Waals surface area contributed by atoms with E-state index in [-0.39, 0.29) is 5.91 Å². The van der Waals surface area contributed by atoms with E-state index in [9.17, 15) is 4.79 Å². The summed E-state index contributed by atoms with van der Waals surface area (Å²) in [7, 11) is 1.79. The van der Waals surface area contributed by atoms with Crippen molar-refractivity contribution in [2.24, 2.45) is 0 Å². The summed E-state index contributed by atoms with van der Waals surface area (Å²) in [6.45, 7) is 1.99. The summed E-state index contributed by atoms with van der Waals surface area (Å²) in [5.74, 6) is 0.830. The number of hydrogen-bond acceptors (Lipinski definition) is 2. The van der Waals surface area contributed by atoms with Crippen LogP contribution in [0.25, 0.3) is 27.8 Å². The molecule has 5 aromatic rings. The fourth-order valence-electron chi connectivity index (χ4n) is 4.06. The number of carbonyl (C=O) groups is 1. The number of aromatic nitrogens is 2. The molecule has 1 aromatic heterocycles. The molecule has 0 aliphatic carbocycles. The van der Waals surface area contributed by atoms with Gasteiger partial charge in [0.2, 0.25) is 0 Å². The van der Waals surface area contributed by atoms with Crippen LogP contribution in [-0.4, -0.2) is 22.5 Å². The Morgan fingerprint density at radius 2 is 1.48 bits per heavy atom. The van der Waals surface area contributed by atoms with Gasteiger partial charge in [0.1, 0.15) is 5.82 Å². The zero-order chi connectivity index (χ0) is 22.9. The lowest BCUT2D eigenvalue weighted by atomic mass is 10.0. The number of carbonyl (C=O) groups excluding carboxylic acids is 1. The minimum atomic E-state index is -0.0729. The van der Waals surface area contributed by atoms with E-state index in [4.69, 9.17) is 16.6 Å². The summed E-state index contributed by atoms with van der Waals surface area (Å²) in [5, 5.41) is 0.702. The van der Waals surface area contributed by atoms with Crippen LogP contribution in [0.2, 0.25) is 5.02 Å². The molecular weight excluding hydrogens is 430 g/mol. The predicted molar refractivity (Wildman–Crippen MR) is 135 cm³/mol. The highest BCUT2D eigenvalue weighted by Gasteiger charge is 2.16. The molecule has 0 fully saturated rings. The summed E-state index contributed by atoms with van der Waals surface area (Å²) in [6, 6.07) is 31.4. The fourth-order valence-corrected chi connectivity index (χ4v) is 4.19. The van der Waals surface area contributed by atoms with E-state index < -0.39 is 0 Å². The van der Waals surface area contributed by atoms with Gasteiger partial charge in [-0.25, -0.2) is 4.98 Å². The molecule has 33 heavy (non-hydrogen) atoms. The van der Waals surface area contributed by atoms with Crippen LogP contribution >= 0.6 is 11.6 Å². The number of fused-ring (bicyclic) bond motifs is 1. The highest BCUT2D eigenvalue weighted by molar-refractivity contribution is 6.30. The Labute approximate surface area is 197 Å². The maximum Gasteiger partial charge on any atom is 0.258 e. The standard InChI is InChI=1S/C28H22ClN3O/c1-19-30-26-18-25(16-17-27(26)32(19)24-6-4-3-5-7-24)31(2)28(33)22-10-8-20(9-11-22)21-12-14-23(29)15-13-21/h3-18H,1-2H3. The normalized spacial score (nSPS) is 11.0. The monoisotopic (exact) mass is 451 g/mol. The van der Waals surface area contributed by atoms with Crippen LogP contribution in [0.3, 0.4) is 0 Å². The molecule has 4 nitrogen and oxygen atoms in total. The van der Waals surface area contributed by atoms with Crippen molar-refractivity contribution in [2.45, 2.75) is 6.92 Å². The average molecular weight is 452 g/mol. The number of imidazole rings is 1. The van der Waals surface area contributed by atoms with Crippen LogP contribution in [0, 0.1) is 6.92 Å². The minimum Gasteiger partial charge on any atom is -0.311 e. The van der Waals surface area contributed by atoms with E-state index in [1.807, 2.05) is 91.9 Å². The first-order valence-electron chi connectivity index (χ1n) is 10.7. The van der Waals surface area contributed by atoms with Crippen molar-refractivity contribution >= 4 is 34.2 Å². The molecule has 0 aliphatic rings. The fraction of sp³-hybridized carbons (Fsp3) is 0.0714. The van der Waals surface area contributed by atoms with E-state index in [2.05, 4.69) is 16.7 Å². The molecule has 0 saturated carbocycles. The maximum atomic E-state index is 13.2. The summed E-state index contributed by atoms with van der Waals surface area (Å²) in [5.41, 5.74) is 6.45. The van der Waals surface area contributed by atoms with Crippen molar-refractivity contribution in [3.63, 3.8) is 0 Å². The maximum absolute atomic E-state index is 13.2. The molecular formula is C28H22ClN3O. The average Bonchev–Trinajstić information content (AvgIpc) is 3.19. The molecule has 0 aliphatic heterocycles. The Bertz CT molecular complexity index is 1440. The molecule has 4 aromatic carbocycles. The summed E-state index contributed by atoms with van der Waals surface area (Å²) < 4.78 is 2.12. The Morgan fingerprint density at radius 1 is 0.848 bits per heavy atom. The first-order valence-corrected chi connectivity index (χ1v) is 11.1. The quantitative estimate of drug-likeness (QED) is 0.297. The molecule has 5 rings (SSSR count). The number of amides is 1. The third-order valence-electron chi connectivity index (χ3n) is 5.82. The van der Waals surface area contributed by atoms with Crippen LogP contribution in [0.1, 0.15) is 16.2 Å². The molecule has 0 N–H and O–H groups in total. The lowest BCUT2D eigenvalue weighted by molar-refractivity contribution is 0.0993. The van der Waals surface area contributed by atoms with Crippen molar-refractivity contribution in [3.05, 3.63) is 113 Å². The minimum absolute atomic E-state index is 0.0729. The second kappa shape index (κ2) is 8.57. The summed E-state index contributed by atoms with van der Waals surface area (Å²) >= 11 is 5.98. The topological polar surface area (TPSA) is 38.1 Å². The van der Waals surface area contributed by atoms with E-state index in [0.717, 1.165) is 39.4 Å². The first-order chi connectivity index (χ1) is 16.0. The Balaban J connectivity index is 1.42. The van der Waals surface area contributed by atoms with E-state index >= 15 is 0 Å². The largest absolute Gasteiger partial charge is 0.311 e. The summed E-state index contributed by atoms with van der Waals surface area (Å²) in [4.78, 5) is 19.5. The smallest absolute Gasteiger partial charge is 0.258 e. The van der Waals surface area contributed by atoms with Gasteiger partial charge in [0.05, 0.1) is 11.0 Å². The number of nitrogens with zero attached hydrogens (tertiary/aromatic N) is 3. The van der Waals surface area contributed by atoms with Gasteiger partial charge in [0.15, 0.2) is 0 Å². The van der Waals surface area contributed by atoms with Crippen molar-refractivity contribution in [1.29, 1.82) is 0 Å². The van der Waals surface area contributed by atoms with Gasteiger partial charge in [-0.1, -0.05) is 54.1 Å². The Hall–Kier alpha value is -3.89. The number of hydrogen-bond donors (Lipinski definition) is 0. The van der Waals surface area contributed by atoms with E-state index in [1.165, 1.54) is 0 Å². The number of aryl methyl sites for hydroxylation is 1. The third-order valence-corrected chi connectivity index (χ3v) is 6.07. The molecule has 5 heteroatoms. The van der Waals surface area contributed by atoms with Crippen LogP contribution < -0.4 is 4.90 Å². The van der Waals surface area contributed by atoms with Gasteiger partial charge in [0.25, 0.3) is 5.91 Å². The third kappa shape index (κ3) is 4.01. The Morgan fingerprint density at radius 3 is 2.15 bits per heavy atom. The summed E-state index contributed by atoms with van der Waals surface area (Å²) in [6.07, 6.45) is 0. The van der Waals surface area contributed by atoms with Crippen LogP contribution in [0.5, 0.6) is 0 Å². The zero-order valence-electron chi connectivity index (χ0n) is 18.4. The second-order valence-electron chi connectivity index (χ2n) is 7.95. The molecule has 0 spiro atoms. The van der Waals surface area contributed by atoms with Crippen molar-refractivity contribution in [3.8, 4) is 16.8 Å². The predicted octanol–water partition coefficient (Wildman–Crippen LogP) is 6.93. The van der Waals surface area contributed by atoms with E-state index in [1.54, 1.807) is 11.9 Å². The molecule has 1 heterocycles. The number of rotatable bonds is 4. The second-order valence-corrected chi connectivity index (χ2v) is 8.39. The Kier molecular flexibility index (Phi) is 5.45. The molecule has 1 amide bonds. The number of para-hydroxylation sites is 1. The number of halogens is 1. The molecule has 0 atom stereocenters. The lowest BCUT2D eigenvalue weighted by Gasteiger charge is -2.18. The van der Waals surface area contributed by atoms with Crippen LogP contribution in [0.4, 0.5) is 5.69 Å². The number of benzene rings is 4. The van der Waals surface area contributed by atoms with Gasteiger partial charge in [0, 0.05) is 29.0 Å². The van der Waals surface area contributed by atoms with Crippen LogP contribution in [0.15, 0.2) is 97.1 Å². The van der Waals surface area contributed by atoms with Crippen LogP contribution in [-0.2, 0) is 0 Å². The van der Waals surface area contributed by atoms with Gasteiger partial charge in [-0.3, -0.25) is 9.36 Å². The van der Waals surface area contributed by atoms with Gasteiger partial charge < -0.3 is 4.90 Å². The SMILES string of the molecule is Cc1nc2cc(N(C)C(=O)c3ccc(-c4ccc(Cl)cc4)cc3)ccc2n1-c1ccccc1. The molecule has 0 bridgehead atoms. The van der Waals surface area contributed by atoms with Crippen molar-refractivity contribution < 1.29 is 4.79 Å². The molecule has 0 unspecified atom stereocenters. The molecule has 0 radical (unpaired) electrons. The highest BCUT2D eigenvalue weighted by atomic mass is 35.5. The lowest BCUT2D eigenvalue weighted by Crippen LogP contribution is -2.26.